The molecule has 0 aliphatic rings. The first-order valence-corrected chi connectivity index (χ1v) is 8.49. The summed E-state index contributed by atoms with van der Waals surface area (Å²) in [5, 5.41) is 3.14. The number of aromatic nitrogens is 3. The van der Waals surface area contributed by atoms with Crippen LogP contribution in [0.15, 0.2) is 23.8 Å². The van der Waals surface area contributed by atoms with Crippen molar-refractivity contribution in [2.75, 3.05) is 0 Å². The molecule has 0 amide bonds. The van der Waals surface area contributed by atoms with Crippen LogP contribution in [-0.2, 0) is 5.88 Å². The van der Waals surface area contributed by atoms with Crippen molar-refractivity contribution in [3.8, 4) is 0 Å². The molecule has 0 saturated heterocycles. The Morgan fingerprint density at radius 1 is 1.29 bits per heavy atom. The van der Waals surface area contributed by atoms with Gasteiger partial charge in [0.15, 0.2) is 0 Å². The molecule has 21 heavy (non-hydrogen) atoms. The molecule has 3 aromatic rings. The minimum Gasteiger partial charge on any atom is -0.320 e. The number of nitrogens with zero attached hydrogens (tertiary/aromatic N) is 3. The van der Waals surface area contributed by atoms with Gasteiger partial charge in [-0.2, -0.15) is 0 Å². The fraction of sp³-hybridized carbons (Fsp3) is 0.375. The second-order valence-corrected chi connectivity index (χ2v) is 6.47. The number of rotatable bonds is 4. The molecule has 0 saturated carbocycles. The molecule has 5 heteroatoms. The molecule has 0 fully saturated rings. The van der Waals surface area contributed by atoms with Crippen molar-refractivity contribution in [2.24, 2.45) is 0 Å². The first-order chi connectivity index (χ1) is 10.1. The number of aryl methyl sites for hydroxylation is 2. The fourth-order valence-corrected chi connectivity index (χ4v) is 3.79. The molecule has 110 valence electrons. The summed E-state index contributed by atoms with van der Waals surface area (Å²) in [5.74, 6) is 0.468. The average Bonchev–Trinajstić information content (AvgIpc) is 3.09. The minimum absolute atomic E-state index is 0.221. The number of thiazole rings is 1. The highest BCUT2D eigenvalue weighted by atomic mass is 35.5. The lowest BCUT2D eigenvalue weighted by atomic mass is 10.1. The third kappa shape index (κ3) is 2.58. The van der Waals surface area contributed by atoms with Crippen molar-refractivity contribution in [2.45, 2.75) is 39.1 Å². The molecule has 0 bridgehead atoms. The predicted molar refractivity (Wildman–Crippen MR) is 89.3 cm³/mol. The van der Waals surface area contributed by atoms with Gasteiger partial charge in [-0.15, -0.1) is 22.9 Å². The number of fused-ring (bicyclic) bond motifs is 1. The van der Waals surface area contributed by atoms with Crippen molar-refractivity contribution in [1.82, 2.24) is 14.5 Å². The largest absolute Gasteiger partial charge is 0.320 e. The lowest BCUT2D eigenvalue weighted by Gasteiger charge is -2.15. The monoisotopic (exact) mass is 319 g/mol. The van der Waals surface area contributed by atoms with E-state index in [1.54, 1.807) is 11.3 Å². The summed E-state index contributed by atoms with van der Waals surface area (Å²) in [7, 11) is 0. The maximum atomic E-state index is 5.87. The molecule has 0 aliphatic carbocycles. The fourth-order valence-electron chi connectivity index (χ4n) is 2.56. The highest BCUT2D eigenvalue weighted by Crippen LogP contribution is 2.30. The van der Waals surface area contributed by atoms with Crippen LogP contribution in [0.5, 0.6) is 0 Å². The number of benzene rings is 1. The van der Waals surface area contributed by atoms with Gasteiger partial charge in [0.1, 0.15) is 5.01 Å². The summed E-state index contributed by atoms with van der Waals surface area (Å²) in [6, 6.07) is 4.59. The van der Waals surface area contributed by atoms with Crippen LogP contribution in [-0.4, -0.2) is 14.5 Å². The van der Waals surface area contributed by atoms with E-state index in [0.717, 1.165) is 22.6 Å². The van der Waals surface area contributed by atoms with Gasteiger partial charge in [-0.25, -0.2) is 9.97 Å². The van der Waals surface area contributed by atoms with Gasteiger partial charge in [0, 0.05) is 5.38 Å². The average molecular weight is 320 g/mol. The van der Waals surface area contributed by atoms with E-state index in [-0.39, 0.29) is 6.04 Å². The van der Waals surface area contributed by atoms with Gasteiger partial charge in [-0.05, 0) is 43.5 Å². The Hall–Kier alpha value is -1.39. The zero-order valence-corrected chi connectivity index (χ0v) is 14.0. The van der Waals surface area contributed by atoms with Gasteiger partial charge in [0.2, 0.25) is 0 Å². The standard InChI is InChI=1S/C16H18ClN3S/c1-4-14(16-19-12(7-17)8-21-16)20-9-18-13-5-10(2)11(3)6-15(13)20/h5-6,8-9,14H,4,7H2,1-3H3. The number of imidazole rings is 1. The highest BCUT2D eigenvalue weighted by Gasteiger charge is 2.18. The van der Waals surface area contributed by atoms with E-state index in [1.165, 1.54) is 16.6 Å². The number of hydrogen-bond acceptors (Lipinski definition) is 3. The number of hydrogen-bond donors (Lipinski definition) is 0. The maximum absolute atomic E-state index is 5.87. The molecule has 2 heterocycles. The molecule has 0 N–H and O–H groups in total. The normalized spacial score (nSPS) is 13.0. The molecule has 3 rings (SSSR count). The second kappa shape index (κ2) is 5.78. The molecular formula is C16H18ClN3S. The Morgan fingerprint density at radius 3 is 2.71 bits per heavy atom. The molecule has 3 nitrogen and oxygen atoms in total. The van der Waals surface area contributed by atoms with Crippen LogP contribution < -0.4 is 0 Å². The Bertz CT molecular complexity index is 775. The molecule has 1 unspecified atom stereocenters. The Balaban J connectivity index is 2.10. The summed E-state index contributed by atoms with van der Waals surface area (Å²) < 4.78 is 2.23. The van der Waals surface area contributed by atoms with Crippen LogP contribution in [0.25, 0.3) is 11.0 Å². The van der Waals surface area contributed by atoms with E-state index in [1.807, 2.05) is 11.7 Å². The van der Waals surface area contributed by atoms with Crippen LogP contribution in [0.2, 0.25) is 0 Å². The van der Waals surface area contributed by atoms with Gasteiger partial charge in [0.05, 0.1) is 35.0 Å². The van der Waals surface area contributed by atoms with E-state index in [2.05, 4.69) is 47.4 Å². The predicted octanol–water partition coefficient (Wildman–Crippen LogP) is 4.85. The van der Waals surface area contributed by atoms with Crippen molar-refractivity contribution < 1.29 is 0 Å². The molecular weight excluding hydrogens is 302 g/mol. The molecule has 1 atom stereocenters. The Morgan fingerprint density at radius 2 is 2.05 bits per heavy atom. The zero-order chi connectivity index (χ0) is 15.0. The molecule has 0 radical (unpaired) electrons. The van der Waals surface area contributed by atoms with Crippen LogP contribution >= 0.6 is 22.9 Å². The Labute approximate surface area is 133 Å². The quantitative estimate of drug-likeness (QED) is 0.644. The molecule has 2 aromatic heterocycles. The highest BCUT2D eigenvalue weighted by molar-refractivity contribution is 7.09. The second-order valence-electron chi connectivity index (χ2n) is 5.31. The van der Waals surface area contributed by atoms with Crippen LogP contribution in [0.3, 0.4) is 0 Å². The first kappa shape index (κ1) is 14.5. The van der Waals surface area contributed by atoms with Crippen LogP contribution in [0.4, 0.5) is 0 Å². The van der Waals surface area contributed by atoms with Gasteiger partial charge in [0.25, 0.3) is 0 Å². The number of halogens is 1. The van der Waals surface area contributed by atoms with E-state index in [4.69, 9.17) is 11.6 Å². The summed E-state index contributed by atoms with van der Waals surface area (Å²) in [6.45, 7) is 6.44. The van der Waals surface area contributed by atoms with Crippen molar-refractivity contribution in [3.05, 3.63) is 45.7 Å². The van der Waals surface area contributed by atoms with Crippen molar-refractivity contribution in [1.29, 1.82) is 0 Å². The van der Waals surface area contributed by atoms with E-state index in [0.29, 0.717) is 5.88 Å². The van der Waals surface area contributed by atoms with Crippen molar-refractivity contribution in [3.63, 3.8) is 0 Å². The third-order valence-electron chi connectivity index (χ3n) is 3.90. The summed E-state index contributed by atoms with van der Waals surface area (Å²) in [4.78, 5) is 9.20. The summed E-state index contributed by atoms with van der Waals surface area (Å²) >= 11 is 7.55. The number of alkyl halides is 1. The molecule has 0 spiro atoms. The van der Waals surface area contributed by atoms with Gasteiger partial charge < -0.3 is 4.57 Å². The summed E-state index contributed by atoms with van der Waals surface area (Å²) in [5.41, 5.74) is 5.74. The van der Waals surface area contributed by atoms with Gasteiger partial charge in [-0.1, -0.05) is 6.92 Å². The minimum atomic E-state index is 0.221. The van der Waals surface area contributed by atoms with Crippen LogP contribution in [0.1, 0.15) is 41.2 Å². The van der Waals surface area contributed by atoms with E-state index in [9.17, 15) is 0 Å². The van der Waals surface area contributed by atoms with E-state index >= 15 is 0 Å². The lowest BCUT2D eigenvalue weighted by molar-refractivity contribution is 0.576. The molecule has 0 aliphatic heterocycles. The Kier molecular flexibility index (Phi) is 4.00. The van der Waals surface area contributed by atoms with Gasteiger partial charge >= 0.3 is 0 Å². The molecule has 1 aromatic carbocycles. The van der Waals surface area contributed by atoms with E-state index < -0.39 is 0 Å². The zero-order valence-electron chi connectivity index (χ0n) is 12.4. The SMILES string of the molecule is CCC(c1nc(CCl)cs1)n1cnc2cc(C)c(C)cc21. The summed E-state index contributed by atoms with van der Waals surface area (Å²) in [6.07, 6.45) is 2.91. The van der Waals surface area contributed by atoms with Gasteiger partial charge in [-0.3, -0.25) is 0 Å². The smallest absolute Gasteiger partial charge is 0.116 e. The topological polar surface area (TPSA) is 30.7 Å². The maximum Gasteiger partial charge on any atom is 0.116 e. The van der Waals surface area contributed by atoms with Crippen molar-refractivity contribution >= 4 is 34.0 Å². The lowest BCUT2D eigenvalue weighted by Crippen LogP contribution is -2.08. The van der Waals surface area contributed by atoms with Crippen LogP contribution in [0, 0.1) is 13.8 Å². The first-order valence-electron chi connectivity index (χ1n) is 7.08. The third-order valence-corrected chi connectivity index (χ3v) is 5.17.